The van der Waals surface area contributed by atoms with Gasteiger partial charge in [-0.3, -0.25) is 4.79 Å². The Morgan fingerprint density at radius 1 is 1.12 bits per heavy atom. The van der Waals surface area contributed by atoms with Gasteiger partial charge < -0.3 is 9.64 Å². The van der Waals surface area contributed by atoms with Gasteiger partial charge in [-0.2, -0.15) is 0 Å². The van der Waals surface area contributed by atoms with Gasteiger partial charge in [0.1, 0.15) is 4.88 Å². The molecule has 0 radical (unpaired) electrons. The van der Waals surface area contributed by atoms with Crippen LogP contribution in [0.4, 0.5) is 5.69 Å². The van der Waals surface area contributed by atoms with E-state index in [1.165, 1.54) is 23.5 Å². The van der Waals surface area contributed by atoms with Gasteiger partial charge in [0.2, 0.25) is 15.9 Å². The maximum atomic E-state index is 12.8. The van der Waals surface area contributed by atoms with Crippen LogP contribution >= 0.6 is 11.3 Å². The van der Waals surface area contributed by atoms with Crippen LogP contribution in [0.1, 0.15) is 34.6 Å². The number of rotatable bonds is 5. The molecule has 2 heterocycles. The number of nitrogens with zero attached hydrogens (tertiary/aromatic N) is 1. The molecule has 1 aliphatic heterocycles. The number of hydrogen-bond donors (Lipinski definition) is 1. The Morgan fingerprint density at radius 3 is 2.39 bits per heavy atom. The number of ether oxygens (including phenoxy) is 1. The van der Waals surface area contributed by atoms with Crippen molar-refractivity contribution in [1.29, 1.82) is 0 Å². The smallest absolute Gasteiger partial charge is 0.348 e. The van der Waals surface area contributed by atoms with Crippen molar-refractivity contribution in [2.75, 3.05) is 18.1 Å². The number of carbonyl (C=O) groups is 2. The van der Waals surface area contributed by atoms with E-state index < -0.39 is 16.0 Å². The van der Waals surface area contributed by atoms with Crippen LogP contribution in [0.5, 0.6) is 0 Å². The van der Waals surface area contributed by atoms with Crippen molar-refractivity contribution >= 4 is 38.9 Å². The normalized spacial score (nSPS) is 13.2. The predicted octanol–water partition coefficient (Wildman–Crippen LogP) is 4.12. The molecule has 0 aliphatic carbocycles. The molecule has 1 amide bonds. The van der Waals surface area contributed by atoms with Crippen molar-refractivity contribution in [3.8, 4) is 21.6 Å². The number of carbonyl (C=O) groups excluding carboxylic acids is 2. The van der Waals surface area contributed by atoms with Gasteiger partial charge in [-0.15, -0.1) is 11.3 Å². The molecule has 1 aliphatic rings. The van der Waals surface area contributed by atoms with Crippen molar-refractivity contribution in [3.05, 3.63) is 58.5 Å². The first-order chi connectivity index (χ1) is 15.6. The summed E-state index contributed by atoms with van der Waals surface area (Å²) in [6.07, 6.45) is 0.778. The molecule has 0 saturated carbocycles. The van der Waals surface area contributed by atoms with E-state index in [0.29, 0.717) is 22.5 Å². The minimum absolute atomic E-state index is 0.00527. The average Bonchev–Trinajstić information content (AvgIpc) is 3.34. The van der Waals surface area contributed by atoms with Crippen LogP contribution in [0.2, 0.25) is 0 Å². The Bertz CT molecular complexity index is 1360. The second-order valence-corrected chi connectivity index (χ2v) is 10.4. The molecule has 4 rings (SSSR count). The summed E-state index contributed by atoms with van der Waals surface area (Å²) in [4.78, 5) is 27.8. The van der Waals surface area contributed by atoms with Gasteiger partial charge in [0.05, 0.1) is 11.5 Å². The van der Waals surface area contributed by atoms with E-state index in [4.69, 9.17) is 9.88 Å². The van der Waals surface area contributed by atoms with Gasteiger partial charge in [0, 0.05) is 29.6 Å². The van der Waals surface area contributed by atoms with Gasteiger partial charge >= 0.3 is 5.97 Å². The predicted molar refractivity (Wildman–Crippen MR) is 129 cm³/mol. The highest BCUT2D eigenvalue weighted by atomic mass is 32.2. The Kier molecular flexibility index (Phi) is 6.13. The number of anilines is 1. The molecule has 172 valence electrons. The number of nitrogens with two attached hydrogens (primary N) is 1. The fourth-order valence-corrected chi connectivity index (χ4v) is 5.89. The van der Waals surface area contributed by atoms with E-state index in [0.717, 1.165) is 33.7 Å². The molecule has 2 N–H and O–H groups in total. The number of fused-ring (bicyclic) bond motifs is 1. The highest BCUT2D eigenvalue weighted by Gasteiger charge is 2.26. The molecule has 1 aromatic heterocycles. The molecule has 0 atom stereocenters. The molecule has 7 nitrogen and oxygen atoms in total. The molecule has 3 aromatic rings. The molecule has 33 heavy (non-hydrogen) atoms. The first kappa shape index (κ1) is 23.2. The summed E-state index contributed by atoms with van der Waals surface area (Å²) in [5.74, 6) is -0.407. The molecule has 0 spiro atoms. The van der Waals surface area contributed by atoms with Crippen LogP contribution in [-0.2, 0) is 26.0 Å². The van der Waals surface area contributed by atoms with Crippen LogP contribution in [-0.4, -0.2) is 33.4 Å². The van der Waals surface area contributed by atoms with Gasteiger partial charge in [-0.25, -0.2) is 18.4 Å². The third kappa shape index (κ3) is 4.31. The van der Waals surface area contributed by atoms with Crippen molar-refractivity contribution in [2.24, 2.45) is 5.14 Å². The van der Waals surface area contributed by atoms with Crippen molar-refractivity contribution in [1.82, 2.24) is 0 Å². The number of benzene rings is 2. The van der Waals surface area contributed by atoms with E-state index in [1.807, 2.05) is 19.1 Å². The maximum absolute atomic E-state index is 12.8. The molecule has 0 fully saturated rings. The lowest BCUT2D eigenvalue weighted by Crippen LogP contribution is -2.25. The van der Waals surface area contributed by atoms with Crippen LogP contribution in [0.15, 0.2) is 47.4 Å². The van der Waals surface area contributed by atoms with E-state index in [1.54, 1.807) is 30.9 Å². The molecule has 2 aromatic carbocycles. The first-order valence-electron chi connectivity index (χ1n) is 10.5. The third-order valence-corrected chi connectivity index (χ3v) is 7.95. The Balaban J connectivity index is 1.83. The van der Waals surface area contributed by atoms with E-state index >= 15 is 0 Å². The zero-order valence-electron chi connectivity index (χ0n) is 18.5. The lowest BCUT2D eigenvalue weighted by Gasteiger charge is -2.14. The van der Waals surface area contributed by atoms with Crippen LogP contribution in [0.3, 0.4) is 0 Å². The molecular formula is C24H24N2O5S2. The van der Waals surface area contributed by atoms with Gasteiger partial charge in [-0.1, -0.05) is 18.2 Å². The standard InChI is InChI=1S/C24H24N2O5S2/c1-4-31-24(28)23-21(16-5-8-19(9-6-16)33(25,29)30)14(2)22(32-23)18-7-10-20-17(13-18)11-12-26(20)15(3)27/h5-10,13H,4,11-12H2,1-3H3,(H2,25,29,30). The number of hydrogen-bond acceptors (Lipinski definition) is 6. The third-order valence-electron chi connectivity index (χ3n) is 5.70. The fraction of sp³-hybridized carbons (Fsp3) is 0.250. The second-order valence-electron chi connectivity index (χ2n) is 7.81. The summed E-state index contributed by atoms with van der Waals surface area (Å²) >= 11 is 1.35. The largest absolute Gasteiger partial charge is 0.462 e. The number of amides is 1. The zero-order valence-corrected chi connectivity index (χ0v) is 20.2. The summed E-state index contributed by atoms with van der Waals surface area (Å²) < 4.78 is 28.6. The Hall–Kier alpha value is -3.01. The maximum Gasteiger partial charge on any atom is 0.348 e. The topological polar surface area (TPSA) is 107 Å². The van der Waals surface area contributed by atoms with E-state index in [9.17, 15) is 18.0 Å². The van der Waals surface area contributed by atoms with Crippen molar-refractivity contribution in [3.63, 3.8) is 0 Å². The number of esters is 1. The minimum atomic E-state index is -3.82. The molecule has 0 saturated heterocycles. The summed E-state index contributed by atoms with van der Waals surface area (Å²) in [7, 11) is -3.82. The van der Waals surface area contributed by atoms with Crippen LogP contribution < -0.4 is 10.0 Å². The number of primary sulfonamides is 1. The zero-order chi connectivity index (χ0) is 23.9. The van der Waals surface area contributed by atoms with Gasteiger partial charge in [0.15, 0.2) is 0 Å². The quantitative estimate of drug-likeness (QED) is 0.548. The summed E-state index contributed by atoms with van der Waals surface area (Å²) in [6.45, 7) is 6.15. The summed E-state index contributed by atoms with van der Waals surface area (Å²) in [6, 6.07) is 12.1. The van der Waals surface area contributed by atoms with Gasteiger partial charge in [-0.05, 0) is 66.8 Å². The Labute approximate surface area is 196 Å². The monoisotopic (exact) mass is 484 g/mol. The molecule has 0 bridgehead atoms. The molecule has 9 heteroatoms. The van der Waals surface area contributed by atoms with E-state index in [2.05, 4.69) is 6.07 Å². The molecule has 0 unspecified atom stereocenters. The SMILES string of the molecule is CCOC(=O)c1sc(-c2ccc3c(c2)CCN3C(C)=O)c(C)c1-c1ccc(S(N)(=O)=O)cc1. The summed E-state index contributed by atoms with van der Waals surface area (Å²) in [5.41, 5.74) is 5.28. The summed E-state index contributed by atoms with van der Waals surface area (Å²) in [5, 5.41) is 5.22. The highest BCUT2D eigenvalue weighted by Crippen LogP contribution is 2.44. The Morgan fingerprint density at radius 2 is 1.79 bits per heavy atom. The average molecular weight is 485 g/mol. The minimum Gasteiger partial charge on any atom is -0.462 e. The fourth-order valence-electron chi connectivity index (χ4n) is 4.16. The highest BCUT2D eigenvalue weighted by molar-refractivity contribution is 7.89. The molecular weight excluding hydrogens is 460 g/mol. The number of thiophene rings is 1. The van der Waals surface area contributed by atoms with Gasteiger partial charge in [0.25, 0.3) is 0 Å². The first-order valence-corrected chi connectivity index (χ1v) is 12.8. The lowest BCUT2D eigenvalue weighted by atomic mass is 9.98. The second kappa shape index (κ2) is 8.74. The van der Waals surface area contributed by atoms with Crippen LogP contribution in [0, 0.1) is 6.92 Å². The lowest BCUT2D eigenvalue weighted by molar-refractivity contribution is -0.116. The number of sulfonamides is 1. The van der Waals surface area contributed by atoms with Crippen molar-refractivity contribution in [2.45, 2.75) is 32.1 Å². The van der Waals surface area contributed by atoms with Crippen LogP contribution in [0.25, 0.3) is 21.6 Å². The van der Waals surface area contributed by atoms with Crippen molar-refractivity contribution < 1.29 is 22.7 Å². The van der Waals surface area contributed by atoms with E-state index in [-0.39, 0.29) is 17.4 Å².